The number of hydrogen-bond acceptors (Lipinski definition) is 4. The lowest BCUT2D eigenvalue weighted by Crippen LogP contribution is -2.51. The Labute approximate surface area is 104 Å². The van der Waals surface area contributed by atoms with E-state index in [0.717, 1.165) is 32.4 Å². The van der Waals surface area contributed by atoms with E-state index in [-0.39, 0.29) is 6.61 Å². The van der Waals surface area contributed by atoms with Gasteiger partial charge in [-0.05, 0) is 19.3 Å². The Kier molecular flexibility index (Phi) is 6.35. The van der Waals surface area contributed by atoms with Crippen molar-refractivity contribution in [2.75, 3.05) is 46.4 Å². The maximum absolute atomic E-state index is 12.1. The molecule has 1 heterocycles. The lowest BCUT2D eigenvalue weighted by Gasteiger charge is -2.30. The quantitative estimate of drug-likeness (QED) is 0.593. The highest BCUT2D eigenvalue weighted by Crippen LogP contribution is 2.09. The second kappa shape index (κ2) is 7.27. The molecule has 0 unspecified atom stereocenters. The fourth-order valence-corrected chi connectivity index (χ4v) is 3.21. The molecule has 0 spiro atoms. The van der Waals surface area contributed by atoms with Crippen LogP contribution in [-0.2, 0) is 10.2 Å². The molecule has 102 valence electrons. The van der Waals surface area contributed by atoms with Crippen LogP contribution in [0.25, 0.3) is 0 Å². The third kappa shape index (κ3) is 4.51. The van der Waals surface area contributed by atoms with E-state index in [1.165, 1.54) is 8.61 Å². The summed E-state index contributed by atoms with van der Waals surface area (Å²) in [5.41, 5.74) is 0. The molecule has 7 heteroatoms. The molecule has 1 fully saturated rings. The highest BCUT2D eigenvalue weighted by Gasteiger charge is 2.27. The molecule has 1 saturated heterocycles. The van der Waals surface area contributed by atoms with Crippen LogP contribution in [0.4, 0.5) is 0 Å². The van der Waals surface area contributed by atoms with Crippen LogP contribution in [-0.4, -0.2) is 68.5 Å². The molecular formula is C10H23N3O3S. The van der Waals surface area contributed by atoms with Gasteiger partial charge in [0, 0.05) is 46.4 Å². The number of aliphatic hydroxyl groups is 1. The predicted octanol–water partition coefficient (Wildman–Crippen LogP) is -0.769. The van der Waals surface area contributed by atoms with E-state index in [1.807, 2.05) is 0 Å². The maximum atomic E-state index is 12.1. The molecule has 2 N–H and O–H groups in total. The largest absolute Gasteiger partial charge is 0.396 e. The van der Waals surface area contributed by atoms with Crippen molar-refractivity contribution in [1.29, 1.82) is 0 Å². The third-order valence-electron chi connectivity index (χ3n) is 2.93. The highest BCUT2D eigenvalue weighted by atomic mass is 32.2. The summed E-state index contributed by atoms with van der Waals surface area (Å²) >= 11 is 0. The molecule has 0 amide bonds. The third-order valence-corrected chi connectivity index (χ3v) is 4.92. The molecule has 1 aliphatic heterocycles. The van der Waals surface area contributed by atoms with Crippen molar-refractivity contribution in [2.24, 2.45) is 0 Å². The number of nitrogens with one attached hydrogen (secondary N) is 1. The van der Waals surface area contributed by atoms with Crippen LogP contribution in [0.2, 0.25) is 0 Å². The molecule has 17 heavy (non-hydrogen) atoms. The van der Waals surface area contributed by atoms with Crippen LogP contribution >= 0.6 is 0 Å². The SMILES string of the molecule is CN(CCCCCO)S(=O)(=O)N1CCNCC1. The zero-order chi connectivity index (χ0) is 12.7. The Bertz CT molecular complexity index is 302. The molecular weight excluding hydrogens is 242 g/mol. The topological polar surface area (TPSA) is 72.9 Å². The fraction of sp³-hybridized carbons (Fsp3) is 1.00. The molecule has 0 saturated carbocycles. The van der Waals surface area contributed by atoms with E-state index in [4.69, 9.17) is 5.11 Å². The first kappa shape index (κ1) is 14.8. The minimum Gasteiger partial charge on any atom is -0.396 e. The van der Waals surface area contributed by atoms with Crippen molar-refractivity contribution < 1.29 is 13.5 Å². The summed E-state index contributed by atoms with van der Waals surface area (Å²) in [6.45, 7) is 3.22. The normalized spacial score (nSPS) is 18.8. The monoisotopic (exact) mass is 265 g/mol. The van der Waals surface area contributed by atoms with E-state index >= 15 is 0 Å². The number of rotatable bonds is 7. The van der Waals surface area contributed by atoms with Crippen molar-refractivity contribution in [3.05, 3.63) is 0 Å². The summed E-state index contributed by atoms with van der Waals surface area (Å²) in [4.78, 5) is 0. The van der Waals surface area contributed by atoms with Gasteiger partial charge < -0.3 is 10.4 Å². The molecule has 1 rings (SSSR count). The minimum atomic E-state index is -3.29. The lowest BCUT2D eigenvalue weighted by molar-refractivity contribution is 0.279. The van der Waals surface area contributed by atoms with Gasteiger partial charge in [0.15, 0.2) is 0 Å². The van der Waals surface area contributed by atoms with E-state index in [1.54, 1.807) is 7.05 Å². The number of unbranched alkanes of at least 4 members (excludes halogenated alkanes) is 2. The summed E-state index contributed by atoms with van der Waals surface area (Å²) < 4.78 is 27.2. The average molecular weight is 265 g/mol. The van der Waals surface area contributed by atoms with Gasteiger partial charge in [0.25, 0.3) is 10.2 Å². The second-order valence-electron chi connectivity index (χ2n) is 4.26. The van der Waals surface area contributed by atoms with Crippen LogP contribution in [0.1, 0.15) is 19.3 Å². The van der Waals surface area contributed by atoms with Crippen molar-refractivity contribution in [1.82, 2.24) is 13.9 Å². The van der Waals surface area contributed by atoms with E-state index < -0.39 is 10.2 Å². The van der Waals surface area contributed by atoms with E-state index in [9.17, 15) is 8.42 Å². The Morgan fingerprint density at radius 3 is 2.47 bits per heavy atom. The van der Waals surface area contributed by atoms with E-state index in [2.05, 4.69) is 5.32 Å². The molecule has 0 aliphatic carbocycles. The van der Waals surface area contributed by atoms with Crippen molar-refractivity contribution in [3.8, 4) is 0 Å². The zero-order valence-electron chi connectivity index (χ0n) is 10.4. The Balaban J connectivity index is 2.39. The molecule has 6 nitrogen and oxygen atoms in total. The van der Waals surface area contributed by atoms with Gasteiger partial charge in [-0.3, -0.25) is 0 Å². The molecule has 0 atom stereocenters. The summed E-state index contributed by atoms with van der Waals surface area (Å²) in [5.74, 6) is 0. The molecule has 0 aromatic heterocycles. The van der Waals surface area contributed by atoms with Gasteiger partial charge in [-0.25, -0.2) is 0 Å². The Morgan fingerprint density at radius 2 is 1.88 bits per heavy atom. The van der Waals surface area contributed by atoms with Gasteiger partial charge in [0.2, 0.25) is 0 Å². The van der Waals surface area contributed by atoms with E-state index in [0.29, 0.717) is 19.6 Å². The first-order valence-electron chi connectivity index (χ1n) is 6.12. The van der Waals surface area contributed by atoms with Crippen LogP contribution in [0.15, 0.2) is 0 Å². The Morgan fingerprint density at radius 1 is 1.24 bits per heavy atom. The molecule has 0 aromatic rings. The molecule has 0 aromatic carbocycles. The minimum absolute atomic E-state index is 0.175. The van der Waals surface area contributed by atoms with Crippen LogP contribution in [0.5, 0.6) is 0 Å². The van der Waals surface area contributed by atoms with Crippen LogP contribution < -0.4 is 5.32 Å². The number of piperazine rings is 1. The lowest BCUT2D eigenvalue weighted by atomic mass is 10.2. The first-order chi connectivity index (χ1) is 8.09. The summed E-state index contributed by atoms with van der Waals surface area (Å²) in [6, 6.07) is 0. The molecule has 0 bridgehead atoms. The maximum Gasteiger partial charge on any atom is 0.281 e. The fourth-order valence-electron chi connectivity index (χ4n) is 1.81. The average Bonchev–Trinajstić information content (AvgIpc) is 2.35. The summed E-state index contributed by atoms with van der Waals surface area (Å²) in [5, 5.41) is 11.8. The van der Waals surface area contributed by atoms with Gasteiger partial charge >= 0.3 is 0 Å². The molecule has 0 radical (unpaired) electrons. The van der Waals surface area contributed by atoms with Crippen LogP contribution in [0, 0.1) is 0 Å². The Hall–Kier alpha value is -0.210. The standard InChI is InChI=1S/C10H23N3O3S/c1-12(7-3-2-4-10-14)17(15,16)13-8-5-11-6-9-13/h11,14H,2-10H2,1H3. The van der Waals surface area contributed by atoms with Crippen molar-refractivity contribution in [2.45, 2.75) is 19.3 Å². The number of hydrogen-bond donors (Lipinski definition) is 2. The number of nitrogens with zero attached hydrogens (tertiary/aromatic N) is 2. The van der Waals surface area contributed by atoms with Gasteiger partial charge in [-0.15, -0.1) is 0 Å². The van der Waals surface area contributed by atoms with Crippen LogP contribution in [0.3, 0.4) is 0 Å². The van der Waals surface area contributed by atoms with Gasteiger partial charge in [-0.1, -0.05) is 0 Å². The summed E-state index contributed by atoms with van der Waals surface area (Å²) in [7, 11) is -1.66. The van der Waals surface area contributed by atoms with Crippen molar-refractivity contribution in [3.63, 3.8) is 0 Å². The highest BCUT2D eigenvalue weighted by molar-refractivity contribution is 7.86. The predicted molar refractivity (Wildman–Crippen MR) is 66.9 cm³/mol. The zero-order valence-corrected chi connectivity index (χ0v) is 11.2. The van der Waals surface area contributed by atoms with Gasteiger partial charge in [-0.2, -0.15) is 17.0 Å². The smallest absolute Gasteiger partial charge is 0.281 e. The first-order valence-corrected chi connectivity index (χ1v) is 7.51. The number of aliphatic hydroxyl groups excluding tert-OH is 1. The van der Waals surface area contributed by atoms with Crippen molar-refractivity contribution >= 4 is 10.2 Å². The second-order valence-corrected chi connectivity index (χ2v) is 6.30. The molecule has 1 aliphatic rings. The summed E-state index contributed by atoms with van der Waals surface area (Å²) in [6.07, 6.45) is 2.39. The van der Waals surface area contributed by atoms with Gasteiger partial charge in [0.1, 0.15) is 0 Å². The van der Waals surface area contributed by atoms with Gasteiger partial charge in [0.05, 0.1) is 0 Å².